The van der Waals surface area contributed by atoms with Gasteiger partial charge >= 0.3 is 0 Å². The van der Waals surface area contributed by atoms with E-state index >= 15 is 0 Å². The molecule has 0 saturated carbocycles. The fourth-order valence-electron chi connectivity index (χ4n) is 1.51. The van der Waals surface area contributed by atoms with Crippen LogP contribution in [0.25, 0.3) is 0 Å². The van der Waals surface area contributed by atoms with Gasteiger partial charge in [0, 0.05) is 23.7 Å². The highest BCUT2D eigenvalue weighted by atomic mass is 32.1. The molecule has 0 radical (unpaired) electrons. The number of thiazole rings is 1. The van der Waals surface area contributed by atoms with Crippen LogP contribution in [0.1, 0.15) is 41.5 Å². The molecule has 0 bridgehead atoms. The van der Waals surface area contributed by atoms with Crippen molar-refractivity contribution in [2.45, 2.75) is 26.3 Å². The summed E-state index contributed by atoms with van der Waals surface area (Å²) in [6.07, 6.45) is 1.58. The first kappa shape index (κ1) is 13.6. The lowest BCUT2D eigenvalue weighted by atomic mass is 10.2. The number of amides is 1. The maximum absolute atomic E-state index is 12.0. The van der Waals surface area contributed by atoms with Gasteiger partial charge in [-0.2, -0.15) is 0 Å². The van der Waals surface area contributed by atoms with Crippen molar-refractivity contribution in [1.82, 2.24) is 9.97 Å². The molecule has 6 heteroatoms. The van der Waals surface area contributed by atoms with Crippen LogP contribution in [0.4, 0.5) is 5.13 Å². The molecule has 0 unspecified atom stereocenters. The number of anilines is 1. The normalized spacial score (nSPS) is 10.7. The van der Waals surface area contributed by atoms with E-state index in [-0.39, 0.29) is 5.91 Å². The van der Waals surface area contributed by atoms with Crippen molar-refractivity contribution in [1.29, 1.82) is 0 Å². The van der Waals surface area contributed by atoms with E-state index in [1.165, 1.54) is 11.3 Å². The number of carbonyl (C=O) groups excluding carboxylic acids is 1. The zero-order valence-electron chi connectivity index (χ0n) is 10.9. The molecule has 2 heterocycles. The molecule has 0 saturated heterocycles. The van der Waals surface area contributed by atoms with Gasteiger partial charge in [0.2, 0.25) is 0 Å². The predicted octanol–water partition coefficient (Wildman–Crippen LogP) is 2.37. The molecule has 0 fully saturated rings. The van der Waals surface area contributed by atoms with Gasteiger partial charge in [-0.1, -0.05) is 13.8 Å². The lowest BCUT2D eigenvalue weighted by molar-refractivity contribution is 0.102. The van der Waals surface area contributed by atoms with E-state index in [2.05, 4.69) is 29.1 Å². The van der Waals surface area contributed by atoms with Gasteiger partial charge in [-0.05, 0) is 18.1 Å². The van der Waals surface area contributed by atoms with E-state index in [1.54, 1.807) is 18.3 Å². The minimum atomic E-state index is -0.193. The molecule has 0 atom stereocenters. The highest BCUT2D eigenvalue weighted by Crippen LogP contribution is 2.21. The van der Waals surface area contributed by atoms with Gasteiger partial charge in [0.05, 0.1) is 11.4 Å². The fourth-order valence-corrected chi connectivity index (χ4v) is 2.38. The molecule has 0 aliphatic heterocycles. The number of aromatic nitrogens is 2. The largest absolute Gasteiger partial charge is 0.325 e. The Morgan fingerprint density at radius 1 is 1.53 bits per heavy atom. The SMILES string of the molecule is CC(C)c1csc(NC(=O)c2ccnc(CN)c2)n1. The van der Waals surface area contributed by atoms with Gasteiger partial charge < -0.3 is 5.73 Å². The Labute approximate surface area is 115 Å². The van der Waals surface area contributed by atoms with Crippen LogP contribution < -0.4 is 11.1 Å². The first-order chi connectivity index (χ1) is 9.10. The van der Waals surface area contributed by atoms with Crippen molar-refractivity contribution < 1.29 is 4.79 Å². The maximum atomic E-state index is 12.0. The molecule has 100 valence electrons. The van der Waals surface area contributed by atoms with Gasteiger partial charge in [-0.15, -0.1) is 11.3 Å². The second-order valence-corrected chi connectivity index (χ2v) is 5.28. The summed E-state index contributed by atoms with van der Waals surface area (Å²) in [6, 6.07) is 3.34. The van der Waals surface area contributed by atoms with Gasteiger partial charge in [0.15, 0.2) is 5.13 Å². The van der Waals surface area contributed by atoms with Crippen molar-refractivity contribution in [2.75, 3.05) is 5.32 Å². The van der Waals surface area contributed by atoms with Gasteiger partial charge in [0.1, 0.15) is 0 Å². The van der Waals surface area contributed by atoms with Crippen molar-refractivity contribution >= 4 is 22.4 Å². The quantitative estimate of drug-likeness (QED) is 0.898. The standard InChI is InChI=1S/C13H16N4OS/c1-8(2)11-7-19-13(16-11)17-12(18)9-3-4-15-10(5-9)6-14/h3-5,7-8H,6,14H2,1-2H3,(H,16,17,18). The molecule has 0 aliphatic rings. The average molecular weight is 276 g/mol. The Balaban J connectivity index is 2.11. The zero-order chi connectivity index (χ0) is 13.8. The fraction of sp³-hybridized carbons (Fsp3) is 0.308. The molecule has 2 rings (SSSR count). The third kappa shape index (κ3) is 3.36. The second-order valence-electron chi connectivity index (χ2n) is 4.43. The topological polar surface area (TPSA) is 80.9 Å². The van der Waals surface area contributed by atoms with Crippen LogP contribution in [0, 0.1) is 0 Å². The minimum absolute atomic E-state index is 0.193. The molecular formula is C13H16N4OS. The molecule has 19 heavy (non-hydrogen) atoms. The molecule has 2 aromatic heterocycles. The van der Waals surface area contributed by atoms with E-state index < -0.39 is 0 Å². The van der Waals surface area contributed by atoms with E-state index in [4.69, 9.17) is 5.73 Å². The highest BCUT2D eigenvalue weighted by molar-refractivity contribution is 7.14. The molecule has 5 nitrogen and oxygen atoms in total. The third-order valence-corrected chi connectivity index (χ3v) is 3.40. The Morgan fingerprint density at radius 3 is 2.95 bits per heavy atom. The summed E-state index contributed by atoms with van der Waals surface area (Å²) in [6.45, 7) is 4.45. The Morgan fingerprint density at radius 2 is 2.32 bits per heavy atom. The number of hydrogen-bond donors (Lipinski definition) is 2. The summed E-state index contributed by atoms with van der Waals surface area (Å²) >= 11 is 1.43. The Bertz CT molecular complexity index is 580. The Hall–Kier alpha value is -1.79. The number of rotatable bonds is 4. The minimum Gasteiger partial charge on any atom is -0.325 e. The zero-order valence-corrected chi connectivity index (χ0v) is 11.7. The summed E-state index contributed by atoms with van der Waals surface area (Å²) in [5.74, 6) is 0.161. The number of carbonyl (C=O) groups is 1. The number of hydrogen-bond acceptors (Lipinski definition) is 5. The molecule has 0 aliphatic carbocycles. The lowest BCUT2D eigenvalue weighted by Crippen LogP contribution is -2.13. The lowest BCUT2D eigenvalue weighted by Gasteiger charge is -2.03. The van der Waals surface area contributed by atoms with Gasteiger partial charge in [0.25, 0.3) is 5.91 Å². The second kappa shape index (κ2) is 5.90. The van der Waals surface area contributed by atoms with Gasteiger partial charge in [-0.3, -0.25) is 15.1 Å². The van der Waals surface area contributed by atoms with Crippen LogP contribution in [0.2, 0.25) is 0 Å². The highest BCUT2D eigenvalue weighted by Gasteiger charge is 2.11. The first-order valence-electron chi connectivity index (χ1n) is 6.02. The van der Waals surface area contributed by atoms with Crippen molar-refractivity contribution in [3.63, 3.8) is 0 Å². The van der Waals surface area contributed by atoms with E-state index in [0.717, 1.165) is 5.69 Å². The summed E-state index contributed by atoms with van der Waals surface area (Å²) in [5.41, 5.74) is 7.72. The molecule has 3 N–H and O–H groups in total. The predicted molar refractivity (Wildman–Crippen MR) is 76.3 cm³/mol. The van der Waals surface area contributed by atoms with E-state index in [9.17, 15) is 4.79 Å². The van der Waals surface area contributed by atoms with Crippen LogP contribution in [0.15, 0.2) is 23.7 Å². The van der Waals surface area contributed by atoms with Crippen LogP contribution in [-0.2, 0) is 6.54 Å². The summed E-state index contributed by atoms with van der Waals surface area (Å²) < 4.78 is 0. The monoisotopic (exact) mass is 276 g/mol. The molecule has 1 amide bonds. The Kier molecular flexibility index (Phi) is 4.24. The molecule has 0 aromatic carbocycles. The van der Waals surface area contributed by atoms with Crippen LogP contribution in [0.3, 0.4) is 0 Å². The number of nitrogens with two attached hydrogens (primary N) is 1. The molecule has 2 aromatic rings. The summed E-state index contributed by atoms with van der Waals surface area (Å²) in [7, 11) is 0. The first-order valence-corrected chi connectivity index (χ1v) is 6.90. The number of pyridine rings is 1. The average Bonchev–Trinajstić information content (AvgIpc) is 2.87. The van der Waals surface area contributed by atoms with E-state index in [0.29, 0.717) is 28.9 Å². The van der Waals surface area contributed by atoms with Crippen molar-refractivity contribution in [3.05, 3.63) is 40.7 Å². The maximum Gasteiger partial charge on any atom is 0.257 e. The third-order valence-electron chi connectivity index (χ3n) is 2.62. The van der Waals surface area contributed by atoms with Crippen LogP contribution in [-0.4, -0.2) is 15.9 Å². The van der Waals surface area contributed by atoms with Gasteiger partial charge in [-0.25, -0.2) is 4.98 Å². The van der Waals surface area contributed by atoms with Crippen LogP contribution in [0.5, 0.6) is 0 Å². The number of nitrogens with zero attached hydrogens (tertiary/aromatic N) is 2. The summed E-state index contributed by atoms with van der Waals surface area (Å²) in [5, 5.41) is 5.35. The molecular weight excluding hydrogens is 260 g/mol. The van der Waals surface area contributed by atoms with E-state index in [1.807, 2.05) is 5.38 Å². The molecule has 0 spiro atoms. The van der Waals surface area contributed by atoms with Crippen LogP contribution >= 0.6 is 11.3 Å². The van der Waals surface area contributed by atoms with Crippen molar-refractivity contribution in [3.8, 4) is 0 Å². The van der Waals surface area contributed by atoms with Crippen molar-refractivity contribution in [2.24, 2.45) is 5.73 Å². The summed E-state index contributed by atoms with van der Waals surface area (Å²) in [4.78, 5) is 20.5. The smallest absolute Gasteiger partial charge is 0.257 e. The number of nitrogens with one attached hydrogen (secondary N) is 1.